The highest BCUT2D eigenvalue weighted by molar-refractivity contribution is 5.73. The standard InChI is InChI=1S/C31H32N6O2/c1-5-37-29-22-15-27(30(32)33-16-22)39-20(3)25-13-19(2)11-12-24(25)28-23(17-36(4)34-28)14-26(29)31(35-37)38-18-21-9-7-6-8-10-21/h6-13,15-17,20H,5,14,18H2,1-4H3,(H2,32,33). The molecule has 6 rings (SSSR count). The lowest BCUT2D eigenvalue weighted by atomic mass is 9.93. The Labute approximate surface area is 228 Å². The van der Waals surface area contributed by atoms with Crippen molar-refractivity contribution in [2.75, 3.05) is 5.73 Å². The van der Waals surface area contributed by atoms with Crippen LogP contribution in [0.25, 0.3) is 22.5 Å². The predicted octanol–water partition coefficient (Wildman–Crippen LogP) is 5.88. The zero-order valence-corrected chi connectivity index (χ0v) is 22.7. The van der Waals surface area contributed by atoms with Gasteiger partial charge in [0.25, 0.3) is 0 Å². The molecule has 0 amide bonds. The number of ether oxygens (including phenoxy) is 2. The van der Waals surface area contributed by atoms with Crippen LogP contribution in [0.3, 0.4) is 0 Å². The summed E-state index contributed by atoms with van der Waals surface area (Å²) in [5.41, 5.74) is 15.4. The molecule has 5 aromatic rings. The molecule has 3 aromatic heterocycles. The normalized spacial score (nSPS) is 14.3. The number of anilines is 1. The van der Waals surface area contributed by atoms with Crippen molar-refractivity contribution in [2.24, 2.45) is 7.05 Å². The number of aryl methyl sites for hydroxylation is 3. The maximum Gasteiger partial charge on any atom is 0.237 e. The Hall–Kier alpha value is -4.59. The minimum absolute atomic E-state index is 0.270. The fourth-order valence-electron chi connectivity index (χ4n) is 5.28. The number of nitrogens with two attached hydrogens (primary N) is 1. The Morgan fingerprint density at radius 2 is 1.92 bits per heavy atom. The van der Waals surface area contributed by atoms with Crippen LogP contribution in [0.4, 0.5) is 5.82 Å². The zero-order chi connectivity index (χ0) is 27.1. The summed E-state index contributed by atoms with van der Waals surface area (Å²) in [6.07, 6.45) is 4.19. The van der Waals surface area contributed by atoms with Crippen molar-refractivity contribution in [1.29, 1.82) is 0 Å². The highest BCUT2D eigenvalue weighted by atomic mass is 16.5. The Morgan fingerprint density at radius 1 is 1.10 bits per heavy atom. The van der Waals surface area contributed by atoms with Crippen molar-refractivity contribution in [1.82, 2.24) is 24.5 Å². The number of aromatic nitrogens is 5. The Balaban J connectivity index is 1.58. The summed E-state index contributed by atoms with van der Waals surface area (Å²) in [6.45, 7) is 7.28. The van der Waals surface area contributed by atoms with Gasteiger partial charge in [-0.3, -0.25) is 9.36 Å². The monoisotopic (exact) mass is 520 g/mol. The molecule has 2 N–H and O–H groups in total. The van der Waals surface area contributed by atoms with Crippen LogP contribution in [0.15, 0.2) is 67.0 Å². The van der Waals surface area contributed by atoms with Crippen LogP contribution < -0.4 is 15.2 Å². The summed E-state index contributed by atoms with van der Waals surface area (Å²) in [7, 11) is 1.95. The molecule has 1 aliphatic rings. The fraction of sp³-hybridized carbons (Fsp3) is 0.258. The third kappa shape index (κ3) is 4.63. The van der Waals surface area contributed by atoms with E-state index in [9.17, 15) is 0 Å². The summed E-state index contributed by atoms with van der Waals surface area (Å²) >= 11 is 0. The van der Waals surface area contributed by atoms with Gasteiger partial charge in [0, 0.05) is 60.2 Å². The first kappa shape index (κ1) is 24.7. The maximum absolute atomic E-state index is 6.48. The molecule has 1 atom stereocenters. The van der Waals surface area contributed by atoms with E-state index in [4.69, 9.17) is 25.4 Å². The third-order valence-corrected chi connectivity index (χ3v) is 7.16. The number of nitrogens with zero attached hydrogens (tertiary/aromatic N) is 5. The molecule has 8 heteroatoms. The molecule has 39 heavy (non-hydrogen) atoms. The second kappa shape index (κ2) is 9.94. The predicted molar refractivity (Wildman–Crippen MR) is 152 cm³/mol. The Kier molecular flexibility index (Phi) is 6.30. The molecule has 2 aromatic carbocycles. The molecule has 0 spiro atoms. The fourth-order valence-corrected chi connectivity index (χ4v) is 5.28. The second-order valence-electron chi connectivity index (χ2n) is 10.0. The number of pyridine rings is 1. The van der Waals surface area contributed by atoms with E-state index in [2.05, 4.69) is 55.4 Å². The van der Waals surface area contributed by atoms with Gasteiger partial charge in [-0.05, 0) is 32.4 Å². The van der Waals surface area contributed by atoms with Gasteiger partial charge in [0.1, 0.15) is 12.7 Å². The summed E-state index contributed by atoms with van der Waals surface area (Å²) < 4.78 is 16.7. The van der Waals surface area contributed by atoms with E-state index in [1.54, 1.807) is 6.20 Å². The lowest BCUT2D eigenvalue weighted by Gasteiger charge is -2.21. The van der Waals surface area contributed by atoms with E-state index >= 15 is 0 Å². The smallest absolute Gasteiger partial charge is 0.237 e. The highest BCUT2D eigenvalue weighted by Gasteiger charge is 2.27. The molecule has 1 aliphatic heterocycles. The first-order valence-corrected chi connectivity index (χ1v) is 13.2. The van der Waals surface area contributed by atoms with Crippen LogP contribution in [0.2, 0.25) is 0 Å². The average Bonchev–Trinajstić information content (AvgIpc) is 3.48. The van der Waals surface area contributed by atoms with Crippen LogP contribution in [-0.4, -0.2) is 24.5 Å². The molecule has 0 saturated heterocycles. The van der Waals surface area contributed by atoms with Crippen molar-refractivity contribution in [3.05, 3.63) is 94.8 Å². The van der Waals surface area contributed by atoms with Gasteiger partial charge < -0.3 is 15.2 Å². The number of rotatable bonds is 4. The second-order valence-corrected chi connectivity index (χ2v) is 10.0. The molecule has 0 fully saturated rings. The molecular weight excluding hydrogens is 488 g/mol. The van der Waals surface area contributed by atoms with Crippen LogP contribution in [-0.2, 0) is 26.6 Å². The van der Waals surface area contributed by atoms with E-state index in [-0.39, 0.29) is 6.10 Å². The van der Waals surface area contributed by atoms with E-state index in [1.165, 1.54) is 0 Å². The van der Waals surface area contributed by atoms with E-state index in [0.29, 0.717) is 37.0 Å². The summed E-state index contributed by atoms with van der Waals surface area (Å²) in [5, 5.41) is 9.82. The van der Waals surface area contributed by atoms with Crippen molar-refractivity contribution in [2.45, 2.75) is 46.4 Å². The Morgan fingerprint density at radius 3 is 2.72 bits per heavy atom. The maximum atomic E-state index is 6.48. The van der Waals surface area contributed by atoms with Crippen molar-refractivity contribution >= 4 is 5.82 Å². The van der Waals surface area contributed by atoms with Crippen LogP contribution >= 0.6 is 0 Å². The zero-order valence-electron chi connectivity index (χ0n) is 22.7. The molecule has 1 unspecified atom stereocenters. The molecule has 0 aliphatic carbocycles. The minimum atomic E-state index is -0.270. The number of hydrogen-bond acceptors (Lipinski definition) is 6. The number of hydrogen-bond donors (Lipinski definition) is 1. The third-order valence-electron chi connectivity index (χ3n) is 7.16. The van der Waals surface area contributed by atoms with Gasteiger partial charge in [-0.25, -0.2) is 4.98 Å². The van der Waals surface area contributed by atoms with Crippen LogP contribution in [0.1, 0.15) is 47.8 Å². The highest BCUT2D eigenvalue weighted by Crippen LogP contribution is 2.40. The van der Waals surface area contributed by atoms with Gasteiger partial charge >= 0.3 is 0 Å². The summed E-state index contributed by atoms with van der Waals surface area (Å²) in [4.78, 5) is 4.52. The van der Waals surface area contributed by atoms with Crippen LogP contribution in [0, 0.1) is 6.92 Å². The van der Waals surface area contributed by atoms with Crippen molar-refractivity contribution < 1.29 is 9.47 Å². The molecule has 2 bridgehead atoms. The number of fused-ring (bicyclic) bond motifs is 7. The molecule has 198 valence electrons. The van der Waals surface area contributed by atoms with Crippen molar-refractivity contribution in [3.63, 3.8) is 0 Å². The van der Waals surface area contributed by atoms with Gasteiger partial charge in [-0.1, -0.05) is 54.1 Å². The number of benzene rings is 2. The van der Waals surface area contributed by atoms with E-state index < -0.39 is 0 Å². The molecular formula is C31H32N6O2. The average molecular weight is 521 g/mol. The van der Waals surface area contributed by atoms with Gasteiger partial charge in [-0.15, -0.1) is 5.10 Å². The molecule has 0 radical (unpaired) electrons. The van der Waals surface area contributed by atoms with Gasteiger partial charge in [-0.2, -0.15) is 5.10 Å². The largest absolute Gasteiger partial charge is 0.482 e. The minimum Gasteiger partial charge on any atom is -0.482 e. The van der Waals surface area contributed by atoms with Gasteiger partial charge in [0.05, 0.1) is 11.4 Å². The molecule has 8 nitrogen and oxygen atoms in total. The molecule has 0 saturated carbocycles. The first-order valence-electron chi connectivity index (χ1n) is 13.2. The summed E-state index contributed by atoms with van der Waals surface area (Å²) in [6, 6.07) is 18.5. The first-order chi connectivity index (χ1) is 18.9. The van der Waals surface area contributed by atoms with E-state index in [0.717, 1.165) is 50.3 Å². The lowest BCUT2D eigenvalue weighted by molar-refractivity contribution is 0.228. The quantitative estimate of drug-likeness (QED) is 0.318. The lowest BCUT2D eigenvalue weighted by Crippen LogP contribution is -2.10. The van der Waals surface area contributed by atoms with Crippen molar-refractivity contribution in [3.8, 4) is 34.1 Å². The topological polar surface area (TPSA) is 93.0 Å². The summed E-state index contributed by atoms with van der Waals surface area (Å²) in [5.74, 6) is 1.48. The van der Waals surface area contributed by atoms with Gasteiger partial charge in [0.15, 0.2) is 11.6 Å². The Bertz CT molecular complexity index is 1650. The van der Waals surface area contributed by atoms with Gasteiger partial charge in [0.2, 0.25) is 5.88 Å². The SMILES string of the molecule is CCn1nc(OCc2ccccc2)c2c1-c1cnc(N)c(c1)OC(C)c1cc(C)ccc1-c1nn(C)cc1C2. The molecule has 4 heterocycles. The number of nitrogen functional groups attached to an aromatic ring is 1. The van der Waals surface area contributed by atoms with E-state index in [1.807, 2.05) is 47.6 Å². The van der Waals surface area contributed by atoms with Crippen LogP contribution in [0.5, 0.6) is 11.6 Å².